The molecule has 3 heteroatoms. The predicted octanol–water partition coefficient (Wildman–Crippen LogP) is 11.9. The Morgan fingerprint density at radius 2 is 1.10 bits per heavy atom. The molecule has 7 aromatic rings. The van der Waals surface area contributed by atoms with E-state index in [4.69, 9.17) is 9.97 Å². The summed E-state index contributed by atoms with van der Waals surface area (Å²) in [4.78, 5) is 10.5. The van der Waals surface area contributed by atoms with E-state index in [9.17, 15) is 5.26 Å². The largest absolute Gasteiger partial charge is 0.228 e. The van der Waals surface area contributed by atoms with Crippen LogP contribution in [0.4, 0.5) is 0 Å². The van der Waals surface area contributed by atoms with Crippen LogP contribution in [0.3, 0.4) is 0 Å². The van der Waals surface area contributed by atoms with Gasteiger partial charge in [0.15, 0.2) is 5.82 Å². The van der Waals surface area contributed by atoms with Crippen LogP contribution in [0.5, 0.6) is 0 Å². The Kier molecular flexibility index (Phi) is 7.44. The number of rotatable bonds is 5. The molecule has 1 saturated carbocycles. The first-order valence-electron chi connectivity index (χ1n) is 17.6. The van der Waals surface area contributed by atoms with Gasteiger partial charge in [0.25, 0.3) is 0 Å². The normalized spacial score (nSPS) is 14.1. The van der Waals surface area contributed by atoms with Crippen LogP contribution in [-0.2, 0) is 5.41 Å². The van der Waals surface area contributed by atoms with E-state index in [0.29, 0.717) is 5.82 Å². The lowest BCUT2D eigenvalue weighted by atomic mass is 9.67. The second kappa shape index (κ2) is 12.4. The van der Waals surface area contributed by atoms with E-state index in [0.717, 1.165) is 63.2 Å². The van der Waals surface area contributed by atoms with Gasteiger partial charge in [-0.15, -0.1) is 0 Å². The van der Waals surface area contributed by atoms with Gasteiger partial charge in [-0.3, -0.25) is 0 Å². The van der Waals surface area contributed by atoms with Gasteiger partial charge in [-0.2, -0.15) is 5.26 Å². The van der Waals surface area contributed by atoms with E-state index in [-0.39, 0.29) is 5.41 Å². The summed E-state index contributed by atoms with van der Waals surface area (Å²) in [6, 6.07) is 55.8. The second-order valence-electron chi connectivity index (χ2n) is 13.6. The summed E-state index contributed by atoms with van der Waals surface area (Å²) in [7, 11) is 0. The zero-order valence-electron chi connectivity index (χ0n) is 27.8. The van der Waals surface area contributed by atoms with Crippen molar-refractivity contribution in [3.63, 3.8) is 0 Å². The molecule has 3 nitrogen and oxygen atoms in total. The summed E-state index contributed by atoms with van der Waals surface area (Å²) in [5.74, 6) is 0.697. The molecule has 0 saturated heterocycles. The maximum Gasteiger partial charge on any atom is 0.160 e. The number of aromatic nitrogens is 2. The fourth-order valence-corrected chi connectivity index (χ4v) is 8.41. The van der Waals surface area contributed by atoms with Crippen molar-refractivity contribution in [2.75, 3.05) is 0 Å². The highest BCUT2D eigenvalue weighted by Crippen LogP contribution is 2.58. The average Bonchev–Trinajstić information content (AvgIpc) is 3.46. The maximum atomic E-state index is 9.89. The molecular formula is C47H35N3. The van der Waals surface area contributed by atoms with E-state index in [2.05, 4.69) is 140 Å². The predicted molar refractivity (Wildman–Crippen MR) is 203 cm³/mol. The van der Waals surface area contributed by atoms with E-state index < -0.39 is 0 Å². The highest BCUT2D eigenvalue weighted by molar-refractivity contribution is 5.97. The Labute approximate surface area is 293 Å². The molecule has 1 aromatic heterocycles. The van der Waals surface area contributed by atoms with E-state index in [1.54, 1.807) is 0 Å². The molecule has 0 radical (unpaired) electrons. The summed E-state index contributed by atoms with van der Waals surface area (Å²) in [5, 5.41) is 9.89. The van der Waals surface area contributed by atoms with Crippen molar-refractivity contribution < 1.29 is 0 Å². The van der Waals surface area contributed by atoms with Crippen LogP contribution in [0.2, 0.25) is 0 Å². The Morgan fingerprint density at radius 3 is 1.88 bits per heavy atom. The molecule has 0 atom stereocenters. The van der Waals surface area contributed by atoms with E-state index >= 15 is 0 Å². The van der Waals surface area contributed by atoms with Crippen LogP contribution in [0.25, 0.3) is 67.3 Å². The molecule has 1 fully saturated rings. The standard InChI is InChI=1S/C47H35N3/c48-31-32-24-25-40-42(28-32)47(26-10-3-11-27-47)41-23-13-22-39(45(40)41)37-20-8-9-21-38(37)44-30-43(34-16-6-2-7-17-34)49-46(50-44)36-19-12-18-35(29-36)33-14-4-1-5-15-33/h1-2,4-9,12-25,28-30H,3,10-11,26-27H2. The van der Waals surface area contributed by atoms with Gasteiger partial charge in [0.1, 0.15) is 0 Å². The Balaban J connectivity index is 1.25. The third kappa shape index (κ3) is 5.04. The molecule has 9 rings (SSSR count). The van der Waals surface area contributed by atoms with Crippen LogP contribution in [-0.4, -0.2) is 9.97 Å². The Hall–Kier alpha value is -6.11. The fourth-order valence-electron chi connectivity index (χ4n) is 8.41. The molecule has 1 spiro atoms. The lowest BCUT2D eigenvalue weighted by molar-refractivity contribution is 0.353. The summed E-state index contributed by atoms with van der Waals surface area (Å²) in [6.07, 6.45) is 5.90. The van der Waals surface area contributed by atoms with Crippen molar-refractivity contribution in [3.05, 3.63) is 168 Å². The van der Waals surface area contributed by atoms with Crippen molar-refractivity contribution in [1.29, 1.82) is 5.26 Å². The average molecular weight is 642 g/mol. The summed E-state index contributed by atoms with van der Waals surface area (Å²) >= 11 is 0. The molecule has 2 aliphatic carbocycles. The van der Waals surface area contributed by atoms with Gasteiger partial charge in [0, 0.05) is 22.1 Å². The van der Waals surface area contributed by atoms with Gasteiger partial charge in [0.05, 0.1) is 23.0 Å². The zero-order chi connectivity index (χ0) is 33.5. The third-order valence-electron chi connectivity index (χ3n) is 10.7. The molecular weight excluding hydrogens is 607 g/mol. The minimum Gasteiger partial charge on any atom is -0.228 e. The lowest BCUT2D eigenvalue weighted by Crippen LogP contribution is -2.28. The first kappa shape index (κ1) is 30.0. The van der Waals surface area contributed by atoms with Gasteiger partial charge in [-0.05, 0) is 81.6 Å². The number of fused-ring (bicyclic) bond motifs is 5. The molecule has 0 unspecified atom stereocenters. The highest BCUT2D eigenvalue weighted by atomic mass is 14.9. The quantitative estimate of drug-likeness (QED) is 0.188. The van der Waals surface area contributed by atoms with Gasteiger partial charge < -0.3 is 0 Å². The van der Waals surface area contributed by atoms with Crippen molar-refractivity contribution in [2.45, 2.75) is 37.5 Å². The van der Waals surface area contributed by atoms with Crippen LogP contribution in [0, 0.1) is 11.3 Å². The first-order valence-corrected chi connectivity index (χ1v) is 17.6. The molecule has 2 aliphatic rings. The lowest BCUT2D eigenvalue weighted by Gasteiger charge is -2.36. The number of benzene rings is 6. The summed E-state index contributed by atoms with van der Waals surface area (Å²) in [5.41, 5.74) is 15.5. The molecule has 50 heavy (non-hydrogen) atoms. The molecule has 1 heterocycles. The fraction of sp³-hybridized carbons (Fsp3) is 0.128. The van der Waals surface area contributed by atoms with Gasteiger partial charge >= 0.3 is 0 Å². The summed E-state index contributed by atoms with van der Waals surface area (Å²) in [6.45, 7) is 0. The zero-order valence-corrected chi connectivity index (χ0v) is 27.8. The monoisotopic (exact) mass is 641 g/mol. The topological polar surface area (TPSA) is 49.6 Å². The Morgan fingerprint density at radius 1 is 0.460 bits per heavy atom. The highest BCUT2D eigenvalue weighted by Gasteiger charge is 2.44. The van der Waals surface area contributed by atoms with Crippen LogP contribution in [0.1, 0.15) is 48.8 Å². The molecule has 238 valence electrons. The van der Waals surface area contributed by atoms with Gasteiger partial charge in [-0.1, -0.05) is 147 Å². The summed E-state index contributed by atoms with van der Waals surface area (Å²) < 4.78 is 0. The molecule has 0 bridgehead atoms. The minimum absolute atomic E-state index is 0.0485. The maximum absolute atomic E-state index is 9.89. The molecule has 0 amide bonds. The second-order valence-corrected chi connectivity index (χ2v) is 13.6. The van der Waals surface area contributed by atoms with Crippen molar-refractivity contribution >= 4 is 0 Å². The molecule has 0 aliphatic heterocycles. The first-order chi connectivity index (χ1) is 24.7. The van der Waals surface area contributed by atoms with Crippen molar-refractivity contribution in [3.8, 4) is 73.4 Å². The van der Waals surface area contributed by atoms with Crippen LogP contribution in [0.15, 0.2) is 152 Å². The number of nitriles is 1. The number of nitrogens with zero attached hydrogens (tertiary/aromatic N) is 3. The molecule has 0 N–H and O–H groups in total. The number of hydrogen-bond acceptors (Lipinski definition) is 3. The van der Waals surface area contributed by atoms with Crippen LogP contribution >= 0.6 is 0 Å². The smallest absolute Gasteiger partial charge is 0.160 e. The van der Waals surface area contributed by atoms with Crippen molar-refractivity contribution in [1.82, 2.24) is 9.97 Å². The number of hydrogen-bond donors (Lipinski definition) is 0. The van der Waals surface area contributed by atoms with Crippen LogP contribution < -0.4 is 0 Å². The van der Waals surface area contributed by atoms with Gasteiger partial charge in [-0.25, -0.2) is 9.97 Å². The third-order valence-corrected chi connectivity index (χ3v) is 10.7. The Bertz CT molecular complexity index is 2410. The minimum atomic E-state index is -0.0485. The SMILES string of the molecule is N#Cc1ccc2c(c1)C1(CCCCC1)c1cccc(-c3ccccc3-c3cc(-c4ccccc4)nc(-c4cccc(-c5ccccc5)c4)n3)c1-2. The van der Waals surface area contributed by atoms with E-state index in [1.165, 1.54) is 47.1 Å². The van der Waals surface area contributed by atoms with Gasteiger partial charge in [0.2, 0.25) is 0 Å². The molecule has 6 aromatic carbocycles. The van der Waals surface area contributed by atoms with E-state index in [1.807, 2.05) is 18.2 Å². The van der Waals surface area contributed by atoms with Crippen molar-refractivity contribution in [2.24, 2.45) is 0 Å².